The zero-order valence-electron chi connectivity index (χ0n) is 12.1. The van der Waals surface area contributed by atoms with Gasteiger partial charge in [-0.25, -0.2) is 0 Å². The van der Waals surface area contributed by atoms with Gasteiger partial charge in [-0.05, 0) is 29.3 Å². The summed E-state index contributed by atoms with van der Waals surface area (Å²) in [5, 5.41) is 0. The van der Waals surface area contributed by atoms with E-state index in [1.165, 1.54) is 6.07 Å². The molecule has 0 amide bonds. The van der Waals surface area contributed by atoms with Crippen molar-refractivity contribution in [2.75, 3.05) is 7.11 Å². The number of hydrogen-bond donors (Lipinski definition) is 0. The largest absolute Gasteiger partial charge is 0.497 e. The highest BCUT2D eigenvalue weighted by Gasteiger charge is 2.64. The molecule has 0 saturated heterocycles. The molecule has 0 radical (unpaired) electrons. The third-order valence-corrected chi connectivity index (χ3v) is 5.04. The van der Waals surface area contributed by atoms with Crippen molar-refractivity contribution in [3.63, 3.8) is 0 Å². The highest BCUT2D eigenvalue weighted by atomic mass is 35.5. The SMILES string of the molecule is COc1ccc(C2C(c3cccc(C(F)(F)F)c3)C2(Cl)Cl)cc1. The minimum absolute atomic E-state index is 0.250. The molecule has 2 aromatic carbocycles. The number of rotatable bonds is 3. The molecule has 122 valence electrons. The molecule has 0 aromatic heterocycles. The average Bonchev–Trinajstić information content (AvgIpc) is 3.09. The first-order chi connectivity index (χ1) is 10.7. The topological polar surface area (TPSA) is 9.23 Å². The fourth-order valence-corrected chi connectivity index (χ4v) is 3.76. The molecule has 1 aliphatic carbocycles. The highest BCUT2D eigenvalue weighted by molar-refractivity contribution is 6.52. The summed E-state index contributed by atoms with van der Waals surface area (Å²) in [7, 11) is 1.56. The van der Waals surface area contributed by atoms with Crippen molar-refractivity contribution < 1.29 is 17.9 Å². The summed E-state index contributed by atoms with van der Waals surface area (Å²) in [5.74, 6) is 0.0708. The second-order valence-electron chi connectivity index (χ2n) is 5.53. The highest BCUT2D eigenvalue weighted by Crippen LogP contribution is 2.70. The van der Waals surface area contributed by atoms with E-state index in [1.54, 1.807) is 25.3 Å². The van der Waals surface area contributed by atoms with Crippen molar-refractivity contribution in [3.05, 3.63) is 65.2 Å². The number of methoxy groups -OCH3 is 1. The average molecular weight is 361 g/mol. The molecule has 1 nitrogen and oxygen atoms in total. The van der Waals surface area contributed by atoms with Gasteiger partial charge in [-0.3, -0.25) is 0 Å². The molecule has 0 N–H and O–H groups in total. The Balaban J connectivity index is 1.91. The van der Waals surface area contributed by atoms with Crippen LogP contribution in [0.5, 0.6) is 5.75 Å². The second-order valence-corrected chi connectivity index (χ2v) is 6.97. The summed E-state index contributed by atoms with van der Waals surface area (Å²) in [5.41, 5.74) is 0.670. The van der Waals surface area contributed by atoms with Crippen molar-refractivity contribution in [1.82, 2.24) is 0 Å². The third kappa shape index (κ3) is 3.02. The van der Waals surface area contributed by atoms with Crippen LogP contribution in [0.25, 0.3) is 0 Å². The van der Waals surface area contributed by atoms with E-state index in [0.717, 1.165) is 17.7 Å². The van der Waals surface area contributed by atoms with E-state index in [9.17, 15) is 13.2 Å². The van der Waals surface area contributed by atoms with E-state index in [2.05, 4.69) is 0 Å². The summed E-state index contributed by atoms with van der Waals surface area (Å²) in [6, 6.07) is 12.4. The Morgan fingerprint density at radius 2 is 1.57 bits per heavy atom. The van der Waals surface area contributed by atoms with Gasteiger partial charge in [0.05, 0.1) is 12.7 Å². The van der Waals surface area contributed by atoms with Gasteiger partial charge in [0.15, 0.2) is 0 Å². The molecule has 1 saturated carbocycles. The van der Waals surface area contributed by atoms with Crippen LogP contribution in [0.1, 0.15) is 28.5 Å². The molecule has 1 fully saturated rings. The fraction of sp³-hybridized carbons (Fsp3) is 0.294. The maximum Gasteiger partial charge on any atom is 0.416 e. The first-order valence-electron chi connectivity index (χ1n) is 6.94. The standard InChI is InChI=1S/C17H13Cl2F3O/c1-23-13-7-5-10(6-8-13)14-15(16(14,18)19)11-3-2-4-12(9-11)17(20,21)22/h2-9,14-15H,1H3. The summed E-state index contributed by atoms with van der Waals surface area (Å²) < 4.78 is 42.6. The second kappa shape index (κ2) is 5.60. The van der Waals surface area contributed by atoms with E-state index >= 15 is 0 Å². The molecule has 6 heteroatoms. The van der Waals surface area contributed by atoms with Gasteiger partial charge in [0.1, 0.15) is 10.1 Å². The predicted octanol–water partition coefficient (Wildman–Crippen LogP) is 5.77. The van der Waals surface area contributed by atoms with Crippen LogP contribution in [0, 0.1) is 0 Å². The summed E-state index contributed by atoms with van der Waals surface area (Å²) in [4.78, 5) is 0. The number of benzene rings is 2. The van der Waals surface area contributed by atoms with Gasteiger partial charge in [0.2, 0.25) is 0 Å². The Labute approximate surface area is 142 Å². The van der Waals surface area contributed by atoms with Crippen molar-refractivity contribution in [2.45, 2.75) is 22.3 Å². The summed E-state index contributed by atoms with van der Waals surface area (Å²) in [6.45, 7) is 0. The van der Waals surface area contributed by atoms with E-state index in [1.807, 2.05) is 12.1 Å². The molecule has 3 rings (SSSR count). The first-order valence-corrected chi connectivity index (χ1v) is 7.69. The smallest absolute Gasteiger partial charge is 0.416 e. The van der Waals surface area contributed by atoms with Gasteiger partial charge in [-0.1, -0.05) is 30.3 Å². The molecule has 23 heavy (non-hydrogen) atoms. The predicted molar refractivity (Wildman–Crippen MR) is 84.4 cm³/mol. The lowest BCUT2D eigenvalue weighted by Gasteiger charge is -2.08. The Bertz CT molecular complexity index is 711. The van der Waals surface area contributed by atoms with Crippen molar-refractivity contribution in [3.8, 4) is 5.75 Å². The van der Waals surface area contributed by atoms with E-state index in [4.69, 9.17) is 27.9 Å². The molecule has 2 atom stereocenters. The van der Waals surface area contributed by atoms with Crippen LogP contribution in [-0.4, -0.2) is 11.4 Å². The molecule has 0 heterocycles. The molecule has 2 unspecified atom stereocenters. The van der Waals surface area contributed by atoms with E-state index in [-0.39, 0.29) is 11.8 Å². The number of ether oxygens (including phenoxy) is 1. The van der Waals surface area contributed by atoms with Crippen LogP contribution in [0.15, 0.2) is 48.5 Å². The minimum atomic E-state index is -4.39. The fourth-order valence-electron chi connectivity index (χ4n) is 2.88. The van der Waals surface area contributed by atoms with Crippen LogP contribution in [0.3, 0.4) is 0 Å². The van der Waals surface area contributed by atoms with Crippen molar-refractivity contribution in [1.29, 1.82) is 0 Å². The molecule has 0 aliphatic heterocycles. The molecule has 0 spiro atoms. The lowest BCUT2D eigenvalue weighted by Crippen LogP contribution is -2.05. The van der Waals surface area contributed by atoms with Gasteiger partial charge >= 0.3 is 6.18 Å². The van der Waals surface area contributed by atoms with Crippen molar-refractivity contribution in [2.24, 2.45) is 0 Å². The lowest BCUT2D eigenvalue weighted by molar-refractivity contribution is -0.137. The van der Waals surface area contributed by atoms with Crippen molar-refractivity contribution >= 4 is 23.2 Å². The van der Waals surface area contributed by atoms with Gasteiger partial charge < -0.3 is 4.74 Å². The summed E-state index contributed by atoms with van der Waals surface area (Å²) in [6.07, 6.45) is -4.39. The Morgan fingerprint density at radius 1 is 0.957 bits per heavy atom. The number of halogens is 5. The lowest BCUT2D eigenvalue weighted by atomic mass is 10.0. The minimum Gasteiger partial charge on any atom is -0.497 e. The molecule has 0 bridgehead atoms. The summed E-state index contributed by atoms with van der Waals surface area (Å²) >= 11 is 12.7. The zero-order valence-corrected chi connectivity index (χ0v) is 13.6. The first kappa shape index (κ1) is 16.5. The van der Waals surface area contributed by atoms with E-state index in [0.29, 0.717) is 11.3 Å². The molecular formula is C17H13Cl2F3O. The Hall–Kier alpha value is -1.39. The monoisotopic (exact) mass is 360 g/mol. The zero-order chi connectivity index (χ0) is 16.8. The van der Waals surface area contributed by atoms with Crippen LogP contribution in [-0.2, 0) is 6.18 Å². The Kier molecular flexibility index (Phi) is 4.01. The van der Waals surface area contributed by atoms with Gasteiger partial charge in [-0.2, -0.15) is 13.2 Å². The molecular weight excluding hydrogens is 348 g/mol. The normalized spacial score (nSPS) is 22.7. The van der Waals surface area contributed by atoms with Crippen LogP contribution >= 0.6 is 23.2 Å². The van der Waals surface area contributed by atoms with Gasteiger partial charge in [-0.15, -0.1) is 23.2 Å². The maximum absolute atomic E-state index is 12.9. The maximum atomic E-state index is 12.9. The third-order valence-electron chi connectivity index (χ3n) is 4.10. The molecule has 2 aromatic rings. The van der Waals surface area contributed by atoms with Crippen LogP contribution in [0.4, 0.5) is 13.2 Å². The van der Waals surface area contributed by atoms with Gasteiger partial charge in [0.25, 0.3) is 0 Å². The van der Waals surface area contributed by atoms with E-state index < -0.39 is 16.1 Å². The Morgan fingerprint density at radius 3 is 2.13 bits per heavy atom. The number of hydrogen-bond acceptors (Lipinski definition) is 1. The van der Waals surface area contributed by atoms with Crippen LogP contribution < -0.4 is 4.74 Å². The van der Waals surface area contributed by atoms with Crippen LogP contribution in [0.2, 0.25) is 0 Å². The quantitative estimate of drug-likeness (QED) is 0.631. The van der Waals surface area contributed by atoms with Gasteiger partial charge in [0, 0.05) is 11.8 Å². The number of alkyl halides is 5. The molecule has 1 aliphatic rings.